The molecule has 10 heteroatoms. The Morgan fingerprint density at radius 2 is 1.88 bits per heavy atom. The largest absolute Gasteiger partial charge is 0.497 e. The summed E-state index contributed by atoms with van der Waals surface area (Å²) >= 11 is 0.532. The number of hydrogen-bond acceptors (Lipinski definition) is 7. The Bertz CT molecular complexity index is 731. The molecule has 0 aliphatic carbocycles. The Morgan fingerprint density at radius 1 is 1.19 bits per heavy atom. The van der Waals surface area contributed by atoms with E-state index in [4.69, 9.17) is 9.47 Å². The lowest BCUT2D eigenvalue weighted by Gasteiger charge is -2.17. The Labute approximate surface area is 152 Å². The van der Waals surface area contributed by atoms with Crippen LogP contribution in [-0.2, 0) is 12.7 Å². The number of aromatic nitrogens is 2. The summed E-state index contributed by atoms with van der Waals surface area (Å²) in [5.41, 5.74) is 1.05. The van der Waals surface area contributed by atoms with Crippen LogP contribution in [0.3, 0.4) is 0 Å². The van der Waals surface area contributed by atoms with Gasteiger partial charge in [0.25, 0.3) is 0 Å². The van der Waals surface area contributed by atoms with Gasteiger partial charge in [-0.3, -0.25) is 4.90 Å². The van der Waals surface area contributed by atoms with E-state index in [1.54, 1.807) is 14.2 Å². The van der Waals surface area contributed by atoms with Crippen LogP contribution >= 0.6 is 11.3 Å². The smallest absolute Gasteiger partial charge is 0.445 e. The molecule has 0 radical (unpaired) electrons. The number of benzene rings is 1. The van der Waals surface area contributed by atoms with Gasteiger partial charge >= 0.3 is 6.18 Å². The molecule has 1 aliphatic rings. The minimum Gasteiger partial charge on any atom is -0.497 e. The van der Waals surface area contributed by atoms with Gasteiger partial charge in [0.2, 0.25) is 10.1 Å². The van der Waals surface area contributed by atoms with E-state index in [0.29, 0.717) is 24.4 Å². The molecule has 2 aromatic rings. The van der Waals surface area contributed by atoms with E-state index in [2.05, 4.69) is 20.4 Å². The van der Waals surface area contributed by atoms with Gasteiger partial charge in [-0.05, 0) is 24.1 Å². The van der Waals surface area contributed by atoms with Crippen LogP contribution in [0.15, 0.2) is 18.2 Å². The molecule has 1 fully saturated rings. The maximum absolute atomic E-state index is 12.6. The fourth-order valence-corrected chi connectivity index (χ4v) is 3.57. The van der Waals surface area contributed by atoms with Crippen LogP contribution in [0.4, 0.5) is 18.3 Å². The third kappa shape index (κ3) is 4.55. The molecule has 6 nitrogen and oxygen atoms in total. The monoisotopic (exact) mass is 388 g/mol. The molecule has 26 heavy (non-hydrogen) atoms. The molecule has 2 heterocycles. The SMILES string of the molecule is COc1cc(CN2CCC(Nc3nnc(C(F)(F)F)s3)C2)cc(OC)c1. The van der Waals surface area contributed by atoms with Gasteiger partial charge in [0.1, 0.15) is 11.5 Å². The van der Waals surface area contributed by atoms with Crippen molar-refractivity contribution in [1.29, 1.82) is 0 Å². The summed E-state index contributed by atoms with van der Waals surface area (Å²) in [6.45, 7) is 2.25. The zero-order chi connectivity index (χ0) is 18.7. The molecule has 1 unspecified atom stereocenters. The molecule has 1 saturated heterocycles. The average molecular weight is 388 g/mol. The second kappa shape index (κ2) is 7.67. The standard InChI is InChI=1S/C16H19F3N4O2S/c1-24-12-5-10(6-13(7-12)25-2)8-23-4-3-11(9-23)20-15-22-21-14(26-15)16(17,18)19/h5-7,11H,3-4,8-9H2,1-2H3,(H,20,22). The van der Waals surface area contributed by atoms with Crippen LogP contribution in [0.5, 0.6) is 11.5 Å². The number of nitrogens with one attached hydrogen (secondary N) is 1. The van der Waals surface area contributed by atoms with E-state index >= 15 is 0 Å². The molecular formula is C16H19F3N4O2S. The van der Waals surface area contributed by atoms with Crippen molar-refractivity contribution in [3.05, 3.63) is 28.8 Å². The Kier molecular flexibility index (Phi) is 5.52. The quantitative estimate of drug-likeness (QED) is 0.820. The highest BCUT2D eigenvalue weighted by atomic mass is 32.1. The second-order valence-electron chi connectivity index (χ2n) is 6.00. The van der Waals surface area contributed by atoms with Gasteiger partial charge < -0.3 is 14.8 Å². The number of hydrogen-bond donors (Lipinski definition) is 1. The Hall–Kier alpha value is -2.07. The lowest BCUT2D eigenvalue weighted by atomic mass is 10.2. The molecular weight excluding hydrogens is 369 g/mol. The van der Waals surface area contributed by atoms with Gasteiger partial charge in [-0.15, -0.1) is 10.2 Å². The molecule has 1 N–H and O–H groups in total. The van der Waals surface area contributed by atoms with Gasteiger partial charge in [0.05, 0.1) is 14.2 Å². The first kappa shape index (κ1) is 18.7. The van der Waals surface area contributed by atoms with E-state index < -0.39 is 11.2 Å². The van der Waals surface area contributed by atoms with E-state index in [-0.39, 0.29) is 11.2 Å². The highest BCUT2D eigenvalue weighted by Gasteiger charge is 2.36. The van der Waals surface area contributed by atoms with Gasteiger partial charge in [-0.1, -0.05) is 11.3 Å². The number of alkyl halides is 3. The highest BCUT2D eigenvalue weighted by Crippen LogP contribution is 2.33. The first-order valence-corrected chi connectivity index (χ1v) is 8.80. The van der Waals surface area contributed by atoms with Gasteiger partial charge in [-0.2, -0.15) is 13.2 Å². The minimum atomic E-state index is -4.45. The van der Waals surface area contributed by atoms with Crippen molar-refractivity contribution in [2.45, 2.75) is 25.2 Å². The summed E-state index contributed by atoms with van der Waals surface area (Å²) in [6.07, 6.45) is -3.63. The molecule has 0 bridgehead atoms. The molecule has 3 rings (SSSR count). The fourth-order valence-electron chi connectivity index (χ4n) is 2.88. The van der Waals surface area contributed by atoms with E-state index in [1.165, 1.54) is 0 Å². The van der Waals surface area contributed by atoms with Crippen molar-refractivity contribution in [1.82, 2.24) is 15.1 Å². The molecule has 1 aromatic heterocycles. The van der Waals surface area contributed by atoms with Crippen molar-refractivity contribution in [2.75, 3.05) is 32.6 Å². The van der Waals surface area contributed by atoms with Gasteiger partial charge in [0, 0.05) is 31.7 Å². The van der Waals surface area contributed by atoms with Crippen LogP contribution in [0.25, 0.3) is 0 Å². The maximum atomic E-state index is 12.6. The number of anilines is 1. The second-order valence-corrected chi connectivity index (χ2v) is 6.97. The summed E-state index contributed by atoms with van der Waals surface area (Å²) in [6, 6.07) is 5.75. The molecule has 1 aromatic carbocycles. The van der Waals surface area contributed by atoms with E-state index in [0.717, 1.165) is 30.0 Å². The lowest BCUT2D eigenvalue weighted by molar-refractivity contribution is -0.138. The van der Waals surface area contributed by atoms with Crippen molar-refractivity contribution in [2.24, 2.45) is 0 Å². The average Bonchev–Trinajstić information content (AvgIpc) is 3.24. The van der Waals surface area contributed by atoms with Crippen molar-refractivity contribution >= 4 is 16.5 Å². The molecule has 0 spiro atoms. The van der Waals surface area contributed by atoms with Crippen LogP contribution in [0.2, 0.25) is 0 Å². The molecule has 0 saturated carbocycles. The number of nitrogens with zero attached hydrogens (tertiary/aromatic N) is 3. The van der Waals surface area contributed by atoms with Crippen LogP contribution in [0.1, 0.15) is 17.0 Å². The summed E-state index contributed by atoms with van der Waals surface area (Å²) < 4.78 is 48.3. The van der Waals surface area contributed by atoms with E-state index in [1.807, 2.05) is 18.2 Å². The highest BCUT2D eigenvalue weighted by molar-refractivity contribution is 7.15. The van der Waals surface area contributed by atoms with Crippen molar-refractivity contribution in [3.63, 3.8) is 0 Å². The van der Waals surface area contributed by atoms with E-state index in [9.17, 15) is 13.2 Å². The van der Waals surface area contributed by atoms with Gasteiger partial charge in [0.15, 0.2) is 0 Å². The zero-order valence-electron chi connectivity index (χ0n) is 14.3. The summed E-state index contributed by atoms with van der Waals surface area (Å²) in [4.78, 5) is 2.22. The predicted octanol–water partition coefficient (Wildman–Crippen LogP) is 3.26. The molecule has 1 aliphatic heterocycles. The number of methoxy groups -OCH3 is 2. The van der Waals surface area contributed by atoms with Crippen molar-refractivity contribution in [3.8, 4) is 11.5 Å². The summed E-state index contributed by atoms with van der Waals surface area (Å²) in [5.74, 6) is 1.45. The normalized spacial score (nSPS) is 18.1. The number of rotatable bonds is 6. The number of halogens is 3. The van der Waals surface area contributed by atoms with Crippen LogP contribution < -0.4 is 14.8 Å². The summed E-state index contributed by atoms with van der Waals surface area (Å²) in [5, 5.41) is 9.10. The fraction of sp³-hybridized carbons (Fsp3) is 0.500. The predicted molar refractivity (Wildman–Crippen MR) is 91.8 cm³/mol. The third-order valence-corrected chi connectivity index (χ3v) is 4.98. The maximum Gasteiger partial charge on any atom is 0.445 e. The zero-order valence-corrected chi connectivity index (χ0v) is 15.2. The first-order valence-electron chi connectivity index (χ1n) is 7.99. The molecule has 142 valence electrons. The molecule has 0 amide bonds. The van der Waals surface area contributed by atoms with Crippen LogP contribution in [0, 0.1) is 0 Å². The number of ether oxygens (including phenoxy) is 2. The minimum absolute atomic E-state index is 0.0385. The topological polar surface area (TPSA) is 59.5 Å². The first-order chi connectivity index (χ1) is 12.4. The Morgan fingerprint density at radius 3 is 2.46 bits per heavy atom. The Balaban J connectivity index is 1.58. The van der Waals surface area contributed by atoms with Gasteiger partial charge in [-0.25, -0.2) is 0 Å². The van der Waals surface area contributed by atoms with Crippen molar-refractivity contribution < 1.29 is 22.6 Å². The third-order valence-electron chi connectivity index (χ3n) is 4.08. The summed E-state index contributed by atoms with van der Waals surface area (Å²) in [7, 11) is 3.21. The number of likely N-dealkylation sites (tertiary alicyclic amines) is 1. The molecule has 1 atom stereocenters. The van der Waals surface area contributed by atoms with Crippen LogP contribution in [-0.4, -0.2) is 48.4 Å². The lowest BCUT2D eigenvalue weighted by Crippen LogP contribution is -2.26.